The van der Waals surface area contributed by atoms with Crippen LogP contribution < -0.4 is 5.56 Å². The van der Waals surface area contributed by atoms with Crippen LogP contribution in [0.3, 0.4) is 0 Å². The summed E-state index contributed by atoms with van der Waals surface area (Å²) in [6.45, 7) is 4.37. The molecule has 9 heteroatoms. The number of rotatable bonds is 7. The van der Waals surface area contributed by atoms with Gasteiger partial charge in [-0.1, -0.05) is 19.1 Å². The van der Waals surface area contributed by atoms with E-state index in [4.69, 9.17) is 0 Å². The maximum atomic E-state index is 13.0. The van der Waals surface area contributed by atoms with Crippen molar-refractivity contribution in [1.82, 2.24) is 19.8 Å². The summed E-state index contributed by atoms with van der Waals surface area (Å²) >= 11 is 0. The quantitative estimate of drug-likeness (QED) is 0.721. The van der Waals surface area contributed by atoms with Crippen LogP contribution in [-0.2, 0) is 21.2 Å². The van der Waals surface area contributed by atoms with E-state index < -0.39 is 9.84 Å². The fourth-order valence-electron chi connectivity index (χ4n) is 3.83. The van der Waals surface area contributed by atoms with Gasteiger partial charge in [0.25, 0.3) is 5.56 Å². The smallest absolute Gasteiger partial charge is 0.258 e. The second-order valence-corrected chi connectivity index (χ2v) is 10.0. The standard InChI is InChI=1S/C20H28N4O4S/c1-4-14(2)24(15-9-10-29(27,28)13-15)19(25)12-23(3)11-18-21-17-8-6-5-7-16(17)20(26)22-18/h5-8,14-15H,4,9-13H2,1-3H3,(H,21,22,26)/t14-,15-/m1/s1. The molecule has 0 spiro atoms. The molecule has 1 amide bonds. The highest BCUT2D eigenvalue weighted by molar-refractivity contribution is 7.91. The molecule has 0 radical (unpaired) electrons. The zero-order valence-electron chi connectivity index (χ0n) is 17.1. The van der Waals surface area contributed by atoms with Crippen molar-refractivity contribution in [2.75, 3.05) is 25.1 Å². The average molecular weight is 421 g/mol. The summed E-state index contributed by atoms with van der Waals surface area (Å²) in [5.41, 5.74) is 0.408. The normalized spacial score (nSPS) is 19.5. The van der Waals surface area contributed by atoms with E-state index in [1.165, 1.54) is 0 Å². The molecule has 8 nitrogen and oxygen atoms in total. The molecule has 0 aliphatic carbocycles. The first kappa shape index (κ1) is 21.4. The Morgan fingerprint density at radius 1 is 1.34 bits per heavy atom. The van der Waals surface area contributed by atoms with Crippen LogP contribution in [-0.4, -0.2) is 71.3 Å². The van der Waals surface area contributed by atoms with E-state index in [2.05, 4.69) is 9.97 Å². The number of aromatic nitrogens is 2. The average Bonchev–Trinajstić information content (AvgIpc) is 3.00. The highest BCUT2D eigenvalue weighted by atomic mass is 32.2. The van der Waals surface area contributed by atoms with E-state index in [0.29, 0.717) is 29.7 Å². The third kappa shape index (κ3) is 5.02. The summed E-state index contributed by atoms with van der Waals surface area (Å²) < 4.78 is 23.8. The number of carbonyl (C=O) groups is 1. The van der Waals surface area contributed by atoms with E-state index in [1.807, 2.05) is 19.9 Å². The Balaban J connectivity index is 1.72. The Kier molecular flexibility index (Phi) is 6.38. The van der Waals surface area contributed by atoms with E-state index in [9.17, 15) is 18.0 Å². The number of nitrogens with one attached hydrogen (secondary N) is 1. The van der Waals surface area contributed by atoms with Crippen LogP contribution in [0.4, 0.5) is 0 Å². The van der Waals surface area contributed by atoms with E-state index >= 15 is 0 Å². The van der Waals surface area contributed by atoms with Gasteiger partial charge in [-0.2, -0.15) is 0 Å². The minimum Gasteiger partial charge on any atom is -0.335 e. The number of hydrogen-bond donors (Lipinski definition) is 1. The second-order valence-electron chi connectivity index (χ2n) is 7.82. The summed E-state index contributed by atoms with van der Waals surface area (Å²) in [5, 5.41) is 0.528. The van der Waals surface area contributed by atoms with Crippen LogP contribution in [0.1, 0.15) is 32.5 Å². The summed E-state index contributed by atoms with van der Waals surface area (Å²) in [7, 11) is -1.29. The number of nitrogens with zero attached hydrogens (tertiary/aromatic N) is 3. The monoisotopic (exact) mass is 420 g/mol. The molecule has 2 atom stereocenters. The van der Waals surface area contributed by atoms with Crippen molar-refractivity contribution in [2.45, 2.75) is 45.3 Å². The molecule has 158 valence electrons. The third-order valence-corrected chi connectivity index (χ3v) is 7.19. The van der Waals surface area contributed by atoms with Crippen LogP contribution in [0.2, 0.25) is 0 Å². The molecule has 0 saturated carbocycles. The largest absolute Gasteiger partial charge is 0.335 e. The number of amides is 1. The lowest BCUT2D eigenvalue weighted by Gasteiger charge is -2.35. The number of H-pyrrole nitrogens is 1. The van der Waals surface area contributed by atoms with Crippen molar-refractivity contribution in [3.8, 4) is 0 Å². The number of benzene rings is 1. The maximum absolute atomic E-state index is 13.0. The van der Waals surface area contributed by atoms with Gasteiger partial charge in [-0.05, 0) is 38.9 Å². The highest BCUT2D eigenvalue weighted by Crippen LogP contribution is 2.21. The van der Waals surface area contributed by atoms with Crippen LogP contribution >= 0.6 is 0 Å². The summed E-state index contributed by atoms with van der Waals surface area (Å²) in [4.78, 5) is 36.0. The lowest BCUT2D eigenvalue weighted by molar-refractivity contribution is -0.136. The highest BCUT2D eigenvalue weighted by Gasteiger charge is 2.36. The van der Waals surface area contributed by atoms with Gasteiger partial charge in [0.2, 0.25) is 5.91 Å². The van der Waals surface area contributed by atoms with Crippen LogP contribution in [0.5, 0.6) is 0 Å². The molecule has 1 fully saturated rings. The van der Waals surface area contributed by atoms with Gasteiger partial charge in [-0.25, -0.2) is 13.4 Å². The lowest BCUT2D eigenvalue weighted by Crippen LogP contribution is -2.49. The first-order valence-corrected chi connectivity index (χ1v) is 11.7. The van der Waals surface area contributed by atoms with Crippen LogP contribution in [0, 0.1) is 0 Å². The minimum atomic E-state index is -3.08. The van der Waals surface area contributed by atoms with Crippen molar-refractivity contribution in [3.63, 3.8) is 0 Å². The number of aromatic amines is 1. The molecular weight excluding hydrogens is 392 g/mol. The van der Waals surface area contributed by atoms with Crippen molar-refractivity contribution in [3.05, 3.63) is 40.4 Å². The van der Waals surface area contributed by atoms with Crippen molar-refractivity contribution < 1.29 is 13.2 Å². The van der Waals surface area contributed by atoms with Gasteiger partial charge >= 0.3 is 0 Å². The number of hydrogen-bond acceptors (Lipinski definition) is 6. The van der Waals surface area contributed by atoms with E-state index in [0.717, 1.165) is 6.42 Å². The fraction of sp³-hybridized carbons (Fsp3) is 0.550. The van der Waals surface area contributed by atoms with Crippen molar-refractivity contribution in [1.29, 1.82) is 0 Å². The Hall–Kier alpha value is -2.26. The first-order valence-electron chi connectivity index (χ1n) is 9.88. The Morgan fingerprint density at radius 2 is 2.07 bits per heavy atom. The van der Waals surface area contributed by atoms with E-state index in [1.54, 1.807) is 35.0 Å². The first-order chi connectivity index (χ1) is 13.7. The van der Waals surface area contributed by atoms with Gasteiger partial charge in [0.1, 0.15) is 5.82 Å². The van der Waals surface area contributed by atoms with E-state index in [-0.39, 0.29) is 41.6 Å². The van der Waals surface area contributed by atoms with Crippen molar-refractivity contribution >= 4 is 26.6 Å². The molecule has 0 unspecified atom stereocenters. The maximum Gasteiger partial charge on any atom is 0.258 e. The van der Waals surface area contributed by atoms with Crippen LogP contribution in [0.15, 0.2) is 29.1 Å². The molecule has 2 heterocycles. The fourth-order valence-corrected chi connectivity index (χ4v) is 5.55. The SMILES string of the molecule is CC[C@@H](C)N(C(=O)CN(C)Cc1nc2ccccc2c(=O)[nH]1)[C@@H]1CCS(=O)(=O)C1. The number of likely N-dealkylation sites (N-methyl/N-ethyl adjacent to an activating group) is 1. The molecule has 1 aromatic carbocycles. The number of para-hydroxylation sites is 1. The predicted molar refractivity (Wildman–Crippen MR) is 112 cm³/mol. The molecule has 3 rings (SSSR count). The summed E-state index contributed by atoms with van der Waals surface area (Å²) in [6, 6.07) is 6.81. The molecule has 1 aliphatic rings. The third-order valence-electron chi connectivity index (χ3n) is 5.44. The van der Waals surface area contributed by atoms with Gasteiger partial charge in [0.05, 0.1) is 35.5 Å². The molecule has 1 saturated heterocycles. The summed E-state index contributed by atoms with van der Waals surface area (Å²) in [5.74, 6) is 0.553. The zero-order valence-corrected chi connectivity index (χ0v) is 17.9. The predicted octanol–water partition coefficient (Wildman–Crippen LogP) is 1.17. The number of sulfone groups is 1. The van der Waals surface area contributed by atoms with Crippen LogP contribution in [0.25, 0.3) is 10.9 Å². The molecule has 1 aromatic heterocycles. The van der Waals surface area contributed by atoms with Gasteiger partial charge in [0.15, 0.2) is 9.84 Å². The molecule has 1 aliphatic heterocycles. The van der Waals surface area contributed by atoms with Gasteiger partial charge in [0, 0.05) is 12.1 Å². The van der Waals surface area contributed by atoms with Crippen molar-refractivity contribution in [2.24, 2.45) is 0 Å². The molecule has 29 heavy (non-hydrogen) atoms. The number of carbonyl (C=O) groups excluding carboxylic acids is 1. The van der Waals surface area contributed by atoms with Gasteiger partial charge in [-0.15, -0.1) is 0 Å². The van der Waals surface area contributed by atoms with Gasteiger partial charge < -0.3 is 9.88 Å². The minimum absolute atomic E-state index is 0.0341. The number of fused-ring (bicyclic) bond motifs is 1. The topological polar surface area (TPSA) is 103 Å². The molecular formula is C20H28N4O4S. The molecule has 2 aromatic rings. The molecule has 1 N–H and O–H groups in total. The Morgan fingerprint density at radius 3 is 2.72 bits per heavy atom. The summed E-state index contributed by atoms with van der Waals surface area (Å²) in [6.07, 6.45) is 1.24. The molecule has 0 bridgehead atoms. The lowest BCUT2D eigenvalue weighted by atomic mass is 10.1. The van der Waals surface area contributed by atoms with Gasteiger partial charge in [-0.3, -0.25) is 14.5 Å². The Labute approximate surface area is 170 Å². The zero-order chi connectivity index (χ0) is 21.2. The second kappa shape index (κ2) is 8.62. The Bertz CT molecular complexity index is 1050.